The molecule has 9 heteroatoms. The second-order valence-electron chi connectivity index (χ2n) is 7.32. The van der Waals surface area contributed by atoms with E-state index in [9.17, 15) is 22.8 Å². The van der Waals surface area contributed by atoms with Crippen molar-refractivity contribution in [2.75, 3.05) is 6.61 Å². The molecule has 0 bridgehead atoms. The lowest BCUT2D eigenvalue weighted by molar-refractivity contribution is -0.137. The van der Waals surface area contributed by atoms with E-state index >= 15 is 0 Å². The van der Waals surface area contributed by atoms with E-state index in [-0.39, 0.29) is 12.2 Å². The van der Waals surface area contributed by atoms with Crippen molar-refractivity contribution in [3.63, 3.8) is 0 Å². The predicted octanol–water partition coefficient (Wildman–Crippen LogP) is 3.81. The zero-order chi connectivity index (χ0) is 21.5. The fourth-order valence-corrected chi connectivity index (χ4v) is 3.35. The molecule has 0 saturated heterocycles. The van der Waals surface area contributed by atoms with E-state index in [2.05, 4.69) is 5.10 Å². The lowest BCUT2D eigenvalue weighted by Crippen LogP contribution is -2.27. The Morgan fingerprint density at radius 3 is 2.53 bits per heavy atom. The zero-order valence-electron chi connectivity index (χ0n) is 16.3. The van der Waals surface area contributed by atoms with Crippen LogP contribution in [0.2, 0.25) is 0 Å². The second kappa shape index (κ2) is 7.62. The average molecular weight is 419 g/mol. The molecule has 0 unspecified atom stereocenters. The van der Waals surface area contributed by atoms with Crippen LogP contribution in [0.5, 0.6) is 0 Å². The molecule has 4 rings (SSSR count). The van der Waals surface area contributed by atoms with Crippen molar-refractivity contribution >= 4 is 11.6 Å². The van der Waals surface area contributed by atoms with Crippen LogP contribution in [0.25, 0.3) is 5.65 Å². The van der Waals surface area contributed by atoms with Gasteiger partial charge in [0.25, 0.3) is 5.56 Å². The molecule has 1 fully saturated rings. The van der Waals surface area contributed by atoms with Crippen LogP contribution in [-0.2, 0) is 23.9 Å². The lowest BCUT2D eigenvalue weighted by atomic mass is 10.1. The summed E-state index contributed by atoms with van der Waals surface area (Å²) >= 11 is 0. The molecular weight excluding hydrogens is 399 g/mol. The number of hydrogen-bond acceptors (Lipinski definition) is 4. The highest BCUT2D eigenvalue weighted by atomic mass is 19.4. The van der Waals surface area contributed by atoms with Crippen LogP contribution in [0.3, 0.4) is 0 Å². The van der Waals surface area contributed by atoms with Gasteiger partial charge in [-0.15, -0.1) is 0 Å². The number of aromatic nitrogens is 3. The molecule has 2 aromatic heterocycles. The maximum absolute atomic E-state index is 12.8. The Bertz CT molecular complexity index is 1140. The number of benzene rings is 1. The quantitative estimate of drug-likeness (QED) is 0.570. The second-order valence-corrected chi connectivity index (χ2v) is 7.32. The summed E-state index contributed by atoms with van der Waals surface area (Å²) in [5, 5.41) is 4.38. The van der Waals surface area contributed by atoms with E-state index in [1.807, 2.05) is 6.07 Å². The number of alkyl halides is 3. The topological polar surface area (TPSA) is 65.6 Å². The largest absolute Gasteiger partial charge is 0.462 e. The van der Waals surface area contributed by atoms with Crippen LogP contribution in [-0.4, -0.2) is 26.8 Å². The van der Waals surface area contributed by atoms with Crippen molar-refractivity contribution < 1.29 is 22.7 Å². The summed E-state index contributed by atoms with van der Waals surface area (Å²) in [6.07, 6.45) is -0.502. The number of carbonyl (C=O) groups is 1. The van der Waals surface area contributed by atoms with Gasteiger partial charge < -0.3 is 9.30 Å². The van der Waals surface area contributed by atoms with E-state index in [4.69, 9.17) is 4.74 Å². The van der Waals surface area contributed by atoms with Gasteiger partial charge in [-0.2, -0.15) is 22.8 Å². The summed E-state index contributed by atoms with van der Waals surface area (Å²) in [6, 6.07) is 6.79. The van der Waals surface area contributed by atoms with E-state index in [1.54, 1.807) is 11.5 Å². The molecule has 0 radical (unpaired) electrons. The summed E-state index contributed by atoms with van der Waals surface area (Å²) in [5.74, 6) is -0.408. The van der Waals surface area contributed by atoms with Crippen molar-refractivity contribution in [3.05, 3.63) is 69.3 Å². The van der Waals surface area contributed by atoms with E-state index in [0.717, 1.165) is 30.7 Å². The molecular formula is C21H20F3N3O3. The van der Waals surface area contributed by atoms with E-state index < -0.39 is 23.3 Å². The molecule has 0 aliphatic heterocycles. The van der Waals surface area contributed by atoms with Crippen molar-refractivity contribution in [2.24, 2.45) is 0 Å². The summed E-state index contributed by atoms with van der Waals surface area (Å²) in [7, 11) is 0. The van der Waals surface area contributed by atoms with Gasteiger partial charge in [0.05, 0.1) is 17.9 Å². The Hall–Kier alpha value is -3.10. The van der Waals surface area contributed by atoms with Gasteiger partial charge in [0.2, 0.25) is 0 Å². The summed E-state index contributed by atoms with van der Waals surface area (Å²) in [6.45, 7) is 2.14. The predicted molar refractivity (Wildman–Crippen MR) is 103 cm³/mol. The maximum Gasteiger partial charge on any atom is 0.416 e. The molecule has 1 aliphatic carbocycles. The summed E-state index contributed by atoms with van der Waals surface area (Å²) in [5.41, 5.74) is 0.688. The minimum absolute atomic E-state index is 0.123. The number of hydrogen-bond donors (Lipinski definition) is 0. The highest BCUT2D eigenvalue weighted by molar-refractivity contribution is 5.88. The maximum atomic E-state index is 12.8. The molecule has 6 nitrogen and oxygen atoms in total. The first kappa shape index (κ1) is 20.2. The highest BCUT2D eigenvalue weighted by Crippen LogP contribution is 2.39. The number of rotatable bonds is 6. The van der Waals surface area contributed by atoms with E-state index in [0.29, 0.717) is 30.1 Å². The minimum atomic E-state index is -4.38. The fraction of sp³-hybridized carbons (Fsp3) is 0.381. The number of ether oxygens (including phenoxy) is 1. The van der Waals surface area contributed by atoms with Crippen molar-refractivity contribution in [3.8, 4) is 0 Å². The van der Waals surface area contributed by atoms with Crippen LogP contribution in [0, 0.1) is 0 Å². The molecule has 2 heterocycles. The van der Waals surface area contributed by atoms with Gasteiger partial charge >= 0.3 is 12.1 Å². The number of aryl methyl sites for hydroxylation is 2. The summed E-state index contributed by atoms with van der Waals surface area (Å²) < 4.78 is 46.2. The molecule has 1 saturated carbocycles. The standard InChI is InChI=1S/C21H20F3N3O3/c1-2-30-20(29)16-12-26(10-9-13-3-7-15(8-4-13)21(22,23)24)18-11-17(14-5-6-14)25-27(18)19(16)28/h3-4,7-8,11-12,14H,2,5-6,9-10H2,1H3. The first-order valence-electron chi connectivity index (χ1n) is 9.74. The van der Waals surface area contributed by atoms with Gasteiger partial charge in [-0.05, 0) is 43.9 Å². The molecule has 0 amide bonds. The smallest absolute Gasteiger partial charge is 0.416 e. The van der Waals surface area contributed by atoms with Gasteiger partial charge in [0, 0.05) is 24.7 Å². The Kier molecular flexibility index (Phi) is 5.13. The normalized spacial score (nSPS) is 14.3. The number of nitrogens with zero attached hydrogens (tertiary/aromatic N) is 3. The van der Waals surface area contributed by atoms with Crippen LogP contribution >= 0.6 is 0 Å². The molecule has 3 aromatic rings. The molecule has 0 N–H and O–H groups in total. The molecule has 1 aliphatic rings. The lowest BCUT2D eigenvalue weighted by Gasteiger charge is -2.12. The molecule has 30 heavy (non-hydrogen) atoms. The third-order valence-electron chi connectivity index (χ3n) is 5.13. The third kappa shape index (κ3) is 3.96. The molecule has 0 atom stereocenters. The Morgan fingerprint density at radius 2 is 1.93 bits per heavy atom. The van der Waals surface area contributed by atoms with Gasteiger partial charge in [-0.1, -0.05) is 12.1 Å². The van der Waals surface area contributed by atoms with E-state index in [1.165, 1.54) is 22.8 Å². The van der Waals surface area contributed by atoms with Gasteiger partial charge in [-0.3, -0.25) is 4.79 Å². The summed E-state index contributed by atoms with van der Waals surface area (Å²) in [4.78, 5) is 25.0. The van der Waals surface area contributed by atoms with Gasteiger partial charge in [0.15, 0.2) is 0 Å². The Morgan fingerprint density at radius 1 is 1.23 bits per heavy atom. The Labute approximate surface area is 169 Å². The van der Waals surface area contributed by atoms with Crippen molar-refractivity contribution in [1.82, 2.24) is 14.2 Å². The number of fused-ring (bicyclic) bond motifs is 1. The Balaban J connectivity index is 1.67. The fourth-order valence-electron chi connectivity index (χ4n) is 3.35. The molecule has 158 valence electrons. The first-order chi connectivity index (χ1) is 14.3. The van der Waals surface area contributed by atoms with Crippen LogP contribution in [0.4, 0.5) is 13.2 Å². The van der Waals surface area contributed by atoms with Gasteiger partial charge in [0.1, 0.15) is 11.2 Å². The van der Waals surface area contributed by atoms with Crippen LogP contribution in [0.15, 0.2) is 41.3 Å². The zero-order valence-corrected chi connectivity index (χ0v) is 16.3. The van der Waals surface area contributed by atoms with Crippen LogP contribution in [0.1, 0.15) is 52.9 Å². The van der Waals surface area contributed by atoms with Crippen molar-refractivity contribution in [1.29, 1.82) is 0 Å². The minimum Gasteiger partial charge on any atom is -0.462 e. The van der Waals surface area contributed by atoms with Crippen molar-refractivity contribution in [2.45, 2.75) is 44.8 Å². The monoisotopic (exact) mass is 419 g/mol. The molecule has 1 aromatic carbocycles. The third-order valence-corrected chi connectivity index (χ3v) is 5.13. The highest BCUT2D eigenvalue weighted by Gasteiger charge is 2.30. The van der Waals surface area contributed by atoms with Crippen LogP contribution < -0.4 is 5.56 Å². The van der Waals surface area contributed by atoms with Gasteiger partial charge in [-0.25, -0.2) is 4.79 Å². The number of carbonyl (C=O) groups excluding carboxylic acids is 1. The first-order valence-corrected chi connectivity index (χ1v) is 9.74. The number of esters is 1. The molecule has 0 spiro atoms. The number of halogens is 3. The average Bonchev–Trinajstić information content (AvgIpc) is 3.45. The SMILES string of the molecule is CCOC(=O)c1cn(CCc2ccc(C(F)(F)F)cc2)c2cc(C3CC3)nn2c1=O.